The van der Waals surface area contributed by atoms with E-state index in [1.807, 2.05) is 32.9 Å². The standard InChI is InChI=1S/C11H16N2O2/c1-4-15-10-6-7(2)9(5-8(10)3)13-11(12)14/h5-6H,4H2,1-3H3,(H3,12,13,14). The lowest BCUT2D eigenvalue weighted by Crippen LogP contribution is -2.20. The highest BCUT2D eigenvalue weighted by atomic mass is 16.5. The largest absolute Gasteiger partial charge is 0.494 e. The Hall–Kier alpha value is -1.71. The number of hydrogen-bond acceptors (Lipinski definition) is 2. The van der Waals surface area contributed by atoms with Gasteiger partial charge in [-0.25, -0.2) is 4.79 Å². The molecular formula is C11H16N2O2. The van der Waals surface area contributed by atoms with Gasteiger partial charge < -0.3 is 15.8 Å². The molecule has 1 rings (SSSR count). The first kappa shape index (κ1) is 11.4. The van der Waals surface area contributed by atoms with E-state index in [2.05, 4.69) is 5.32 Å². The Morgan fingerprint density at radius 2 is 2.07 bits per heavy atom. The molecule has 0 bridgehead atoms. The van der Waals surface area contributed by atoms with Crippen LogP contribution >= 0.6 is 0 Å². The van der Waals surface area contributed by atoms with E-state index in [9.17, 15) is 4.79 Å². The third kappa shape index (κ3) is 2.87. The minimum absolute atomic E-state index is 0.554. The van der Waals surface area contributed by atoms with Crippen molar-refractivity contribution in [2.45, 2.75) is 20.8 Å². The number of anilines is 1. The van der Waals surface area contributed by atoms with Crippen LogP contribution in [-0.4, -0.2) is 12.6 Å². The lowest BCUT2D eigenvalue weighted by atomic mass is 10.1. The highest BCUT2D eigenvalue weighted by Crippen LogP contribution is 2.26. The van der Waals surface area contributed by atoms with Crippen LogP contribution in [0.4, 0.5) is 10.5 Å². The van der Waals surface area contributed by atoms with Crippen molar-refractivity contribution in [2.24, 2.45) is 5.73 Å². The summed E-state index contributed by atoms with van der Waals surface area (Å²) in [5.74, 6) is 0.838. The first-order valence-electron chi connectivity index (χ1n) is 4.85. The molecule has 0 spiro atoms. The highest BCUT2D eigenvalue weighted by Gasteiger charge is 2.06. The van der Waals surface area contributed by atoms with Gasteiger partial charge >= 0.3 is 6.03 Å². The monoisotopic (exact) mass is 208 g/mol. The van der Waals surface area contributed by atoms with Crippen molar-refractivity contribution in [3.63, 3.8) is 0 Å². The average molecular weight is 208 g/mol. The smallest absolute Gasteiger partial charge is 0.316 e. The molecule has 0 aliphatic heterocycles. The summed E-state index contributed by atoms with van der Waals surface area (Å²) >= 11 is 0. The number of urea groups is 1. The maximum Gasteiger partial charge on any atom is 0.316 e. The molecule has 4 heteroatoms. The van der Waals surface area contributed by atoms with E-state index in [-0.39, 0.29) is 0 Å². The maximum atomic E-state index is 10.7. The Kier molecular flexibility index (Phi) is 3.55. The molecule has 82 valence electrons. The van der Waals surface area contributed by atoms with E-state index in [4.69, 9.17) is 10.5 Å². The summed E-state index contributed by atoms with van der Waals surface area (Å²) in [5, 5.41) is 2.57. The Balaban J connectivity index is 3.02. The van der Waals surface area contributed by atoms with Gasteiger partial charge in [0.05, 0.1) is 6.61 Å². The van der Waals surface area contributed by atoms with Gasteiger partial charge in [0.2, 0.25) is 0 Å². The molecule has 0 fully saturated rings. The molecular weight excluding hydrogens is 192 g/mol. The Bertz CT molecular complexity index is 375. The molecule has 0 aliphatic carbocycles. The Morgan fingerprint density at radius 1 is 1.40 bits per heavy atom. The number of nitrogens with two attached hydrogens (primary N) is 1. The molecule has 0 radical (unpaired) electrons. The Morgan fingerprint density at radius 3 is 2.60 bits per heavy atom. The third-order valence-corrected chi connectivity index (χ3v) is 2.08. The molecule has 0 atom stereocenters. The first-order chi connectivity index (χ1) is 7.04. The van der Waals surface area contributed by atoms with Gasteiger partial charge in [-0.1, -0.05) is 0 Å². The van der Waals surface area contributed by atoms with E-state index in [0.717, 1.165) is 22.6 Å². The van der Waals surface area contributed by atoms with E-state index in [1.165, 1.54) is 0 Å². The van der Waals surface area contributed by atoms with Crippen LogP contribution in [-0.2, 0) is 0 Å². The second-order valence-corrected chi connectivity index (χ2v) is 3.35. The highest BCUT2D eigenvalue weighted by molar-refractivity contribution is 5.89. The molecule has 2 amide bonds. The zero-order valence-electron chi connectivity index (χ0n) is 9.26. The molecule has 0 unspecified atom stereocenters. The summed E-state index contributed by atoms with van der Waals surface area (Å²) in [7, 11) is 0. The van der Waals surface area contributed by atoms with Gasteiger partial charge in [0, 0.05) is 5.69 Å². The van der Waals surface area contributed by atoms with Crippen LogP contribution in [0.2, 0.25) is 0 Å². The summed E-state index contributed by atoms with van der Waals surface area (Å²) < 4.78 is 5.43. The van der Waals surface area contributed by atoms with Gasteiger partial charge in [0.15, 0.2) is 0 Å². The summed E-state index contributed by atoms with van der Waals surface area (Å²) in [6, 6.07) is 3.19. The van der Waals surface area contributed by atoms with Crippen molar-refractivity contribution in [3.05, 3.63) is 23.3 Å². The first-order valence-corrected chi connectivity index (χ1v) is 4.85. The van der Waals surface area contributed by atoms with Gasteiger partial charge in [-0.15, -0.1) is 0 Å². The van der Waals surface area contributed by atoms with Crippen LogP contribution < -0.4 is 15.8 Å². The number of carbonyl (C=O) groups is 1. The fourth-order valence-electron chi connectivity index (χ4n) is 1.37. The van der Waals surface area contributed by atoms with E-state index >= 15 is 0 Å². The van der Waals surface area contributed by atoms with Gasteiger partial charge in [-0.2, -0.15) is 0 Å². The van der Waals surface area contributed by atoms with Gasteiger partial charge in [0.1, 0.15) is 5.75 Å². The van der Waals surface area contributed by atoms with Crippen LogP contribution in [0.15, 0.2) is 12.1 Å². The van der Waals surface area contributed by atoms with Gasteiger partial charge in [0.25, 0.3) is 0 Å². The summed E-state index contributed by atoms with van der Waals surface area (Å²) in [6.07, 6.45) is 0. The number of aryl methyl sites for hydroxylation is 2. The molecule has 1 aromatic carbocycles. The molecule has 0 aromatic heterocycles. The van der Waals surface area contributed by atoms with Crippen LogP contribution in [0.3, 0.4) is 0 Å². The molecule has 3 N–H and O–H groups in total. The van der Waals surface area contributed by atoms with E-state index < -0.39 is 6.03 Å². The third-order valence-electron chi connectivity index (χ3n) is 2.08. The number of amides is 2. The predicted octanol–water partition coefficient (Wildman–Crippen LogP) is 2.19. The zero-order chi connectivity index (χ0) is 11.4. The number of carbonyl (C=O) groups excluding carboxylic acids is 1. The fraction of sp³-hybridized carbons (Fsp3) is 0.364. The number of primary amides is 1. The second-order valence-electron chi connectivity index (χ2n) is 3.35. The topological polar surface area (TPSA) is 64.3 Å². The lowest BCUT2D eigenvalue weighted by Gasteiger charge is -2.12. The van der Waals surface area contributed by atoms with Crippen LogP contribution in [0, 0.1) is 13.8 Å². The predicted molar refractivity (Wildman–Crippen MR) is 60.3 cm³/mol. The number of rotatable bonds is 3. The zero-order valence-corrected chi connectivity index (χ0v) is 9.26. The van der Waals surface area contributed by atoms with Crippen molar-refractivity contribution in [1.82, 2.24) is 0 Å². The maximum absolute atomic E-state index is 10.7. The van der Waals surface area contributed by atoms with Crippen LogP contribution in [0.25, 0.3) is 0 Å². The van der Waals surface area contributed by atoms with Gasteiger partial charge in [-0.3, -0.25) is 0 Å². The summed E-state index contributed by atoms with van der Waals surface area (Å²) in [5.41, 5.74) is 7.70. The Labute approximate surface area is 89.4 Å². The van der Waals surface area contributed by atoms with Crippen molar-refractivity contribution in [1.29, 1.82) is 0 Å². The lowest BCUT2D eigenvalue weighted by molar-refractivity contribution is 0.259. The quantitative estimate of drug-likeness (QED) is 0.799. The second kappa shape index (κ2) is 4.68. The number of benzene rings is 1. The fourth-order valence-corrected chi connectivity index (χ4v) is 1.37. The molecule has 1 aromatic rings. The van der Waals surface area contributed by atoms with E-state index in [0.29, 0.717) is 6.61 Å². The molecule has 0 saturated heterocycles. The molecule has 0 aliphatic rings. The van der Waals surface area contributed by atoms with Crippen molar-refractivity contribution in [2.75, 3.05) is 11.9 Å². The van der Waals surface area contributed by atoms with Gasteiger partial charge in [-0.05, 0) is 44.0 Å². The van der Waals surface area contributed by atoms with Crippen LogP contribution in [0.1, 0.15) is 18.1 Å². The summed E-state index contributed by atoms with van der Waals surface area (Å²) in [6.45, 7) is 6.39. The minimum Gasteiger partial charge on any atom is -0.494 e. The van der Waals surface area contributed by atoms with Crippen molar-refractivity contribution >= 4 is 11.7 Å². The minimum atomic E-state index is -0.554. The van der Waals surface area contributed by atoms with Crippen molar-refractivity contribution in [3.8, 4) is 5.75 Å². The number of hydrogen-bond donors (Lipinski definition) is 2. The van der Waals surface area contributed by atoms with Crippen molar-refractivity contribution < 1.29 is 9.53 Å². The van der Waals surface area contributed by atoms with Crippen LogP contribution in [0.5, 0.6) is 5.75 Å². The normalized spacial score (nSPS) is 9.80. The number of ether oxygens (including phenoxy) is 1. The summed E-state index contributed by atoms with van der Waals surface area (Å²) in [4.78, 5) is 10.7. The average Bonchev–Trinajstić information content (AvgIpc) is 2.13. The number of nitrogens with one attached hydrogen (secondary N) is 1. The molecule has 0 saturated carbocycles. The SMILES string of the molecule is CCOc1cc(C)c(NC(N)=O)cc1C. The van der Waals surface area contributed by atoms with E-state index in [1.54, 1.807) is 0 Å². The molecule has 4 nitrogen and oxygen atoms in total. The molecule has 15 heavy (non-hydrogen) atoms. The molecule has 0 heterocycles.